The Morgan fingerprint density at radius 1 is 0.479 bits per heavy atom. The highest BCUT2D eigenvalue weighted by molar-refractivity contribution is 5.93. The van der Waals surface area contributed by atoms with Gasteiger partial charge in [-0.15, -0.1) is 0 Å². The van der Waals surface area contributed by atoms with Gasteiger partial charge in [0.05, 0.1) is 17.1 Å². The van der Waals surface area contributed by atoms with E-state index in [0.29, 0.717) is 17.3 Å². The average Bonchev–Trinajstić information content (AvgIpc) is 3.35. The molecule has 1 saturated heterocycles. The van der Waals surface area contributed by atoms with Crippen LogP contribution in [0.15, 0.2) is 91.6 Å². The summed E-state index contributed by atoms with van der Waals surface area (Å²) in [6.07, 6.45) is 18.8. The Hall–Kier alpha value is -7.50. The number of carbonyl (C=O) groups is 5. The minimum absolute atomic E-state index is 0.114. The van der Waals surface area contributed by atoms with Crippen LogP contribution in [0.1, 0.15) is 156 Å². The topological polar surface area (TPSA) is 261 Å². The molecule has 1 fully saturated rings. The van der Waals surface area contributed by atoms with Gasteiger partial charge in [0.25, 0.3) is 0 Å². The highest BCUT2D eigenvalue weighted by atomic mass is 16.4. The number of aromatic nitrogens is 5. The van der Waals surface area contributed by atoms with Crippen LogP contribution in [0.2, 0.25) is 0 Å². The van der Waals surface area contributed by atoms with Gasteiger partial charge in [-0.2, -0.15) is 0 Å². The second-order valence-corrected chi connectivity index (χ2v) is 16.6. The largest absolute Gasteiger partial charge is 0.477 e. The van der Waals surface area contributed by atoms with Crippen molar-refractivity contribution in [2.45, 2.75) is 105 Å². The molecule has 0 unspecified atom stereocenters. The first-order valence-corrected chi connectivity index (χ1v) is 24.1. The van der Waals surface area contributed by atoms with E-state index in [1.54, 1.807) is 42.5 Å². The number of nitrogens with zero attached hydrogens (tertiary/aromatic N) is 8. The predicted molar refractivity (Wildman–Crippen MR) is 276 cm³/mol. The molecular formula is C53H72N8O10. The van der Waals surface area contributed by atoms with E-state index in [9.17, 15) is 24.0 Å². The lowest BCUT2D eigenvalue weighted by atomic mass is 9.96. The Morgan fingerprint density at radius 2 is 0.859 bits per heavy atom. The SMILES string of the molecule is CCC1CN(c2cccnc2C(=O)O)C1.CCCCCc1cccnc1C(=O)O.CCCCN(C)c1cccnc1C(=O)O.CCCCc1cccnc1C(=O)O.CCCN(C)c1cccnc1C(=O)O. The van der Waals surface area contributed by atoms with E-state index in [1.165, 1.54) is 31.0 Å². The fraction of sp³-hybridized carbons (Fsp3) is 0.434. The molecule has 0 amide bonds. The summed E-state index contributed by atoms with van der Waals surface area (Å²) in [6.45, 7) is 14.1. The third kappa shape index (κ3) is 20.6. The molecule has 18 heteroatoms. The maximum atomic E-state index is 10.9. The zero-order valence-corrected chi connectivity index (χ0v) is 42.2. The lowest BCUT2D eigenvalue weighted by molar-refractivity contribution is 0.0678. The number of aryl methyl sites for hydroxylation is 2. The van der Waals surface area contributed by atoms with Crippen LogP contribution < -0.4 is 14.7 Å². The third-order valence-corrected chi connectivity index (χ3v) is 11.1. The maximum absolute atomic E-state index is 10.9. The second kappa shape index (κ2) is 33.1. The summed E-state index contributed by atoms with van der Waals surface area (Å²) in [4.78, 5) is 79.4. The van der Waals surface area contributed by atoms with Gasteiger partial charge in [-0.1, -0.05) is 72.4 Å². The molecule has 0 atom stereocenters. The van der Waals surface area contributed by atoms with Gasteiger partial charge in [0.15, 0.2) is 28.5 Å². The van der Waals surface area contributed by atoms with E-state index < -0.39 is 29.8 Å². The van der Waals surface area contributed by atoms with E-state index in [-0.39, 0.29) is 28.5 Å². The van der Waals surface area contributed by atoms with E-state index in [2.05, 4.69) is 57.5 Å². The van der Waals surface area contributed by atoms with Crippen molar-refractivity contribution in [1.29, 1.82) is 0 Å². The van der Waals surface area contributed by atoms with Crippen molar-refractivity contribution in [2.75, 3.05) is 55.0 Å². The van der Waals surface area contributed by atoms with E-state index in [1.807, 2.05) is 49.0 Å². The van der Waals surface area contributed by atoms with Crippen LogP contribution in [-0.2, 0) is 12.8 Å². The van der Waals surface area contributed by atoms with Crippen molar-refractivity contribution in [3.63, 3.8) is 0 Å². The Labute approximate surface area is 417 Å². The van der Waals surface area contributed by atoms with Gasteiger partial charge < -0.3 is 40.2 Å². The Morgan fingerprint density at radius 3 is 1.27 bits per heavy atom. The number of hydrogen-bond donors (Lipinski definition) is 5. The van der Waals surface area contributed by atoms with Gasteiger partial charge in [0.1, 0.15) is 0 Å². The van der Waals surface area contributed by atoms with Gasteiger partial charge in [-0.25, -0.2) is 48.9 Å². The minimum Gasteiger partial charge on any atom is -0.477 e. The first-order valence-electron chi connectivity index (χ1n) is 24.1. The molecule has 0 aromatic carbocycles. The summed E-state index contributed by atoms with van der Waals surface area (Å²) in [5.41, 5.74) is 4.55. The fourth-order valence-corrected chi connectivity index (χ4v) is 7.15. The molecule has 384 valence electrons. The molecule has 1 aliphatic rings. The van der Waals surface area contributed by atoms with Gasteiger partial charge in [-0.05, 0) is 111 Å². The second-order valence-electron chi connectivity index (χ2n) is 16.6. The van der Waals surface area contributed by atoms with Gasteiger partial charge in [0, 0.05) is 71.3 Å². The van der Waals surface area contributed by atoms with Crippen molar-refractivity contribution in [2.24, 2.45) is 5.92 Å². The number of rotatable bonds is 21. The summed E-state index contributed by atoms with van der Waals surface area (Å²) < 4.78 is 0. The zero-order valence-electron chi connectivity index (χ0n) is 42.2. The monoisotopic (exact) mass is 981 g/mol. The van der Waals surface area contributed by atoms with E-state index in [4.69, 9.17) is 25.5 Å². The number of pyridine rings is 5. The normalized spacial score (nSPS) is 11.3. The van der Waals surface area contributed by atoms with Crippen molar-refractivity contribution in [1.82, 2.24) is 24.9 Å². The smallest absolute Gasteiger partial charge is 0.356 e. The Balaban J connectivity index is 0.000000305. The Kier molecular flexibility index (Phi) is 27.8. The summed E-state index contributed by atoms with van der Waals surface area (Å²) in [6, 6.07) is 17.9. The van der Waals surface area contributed by atoms with Crippen LogP contribution in [0.25, 0.3) is 0 Å². The minimum atomic E-state index is -0.983. The Bertz CT molecular complexity index is 2360. The molecule has 6 heterocycles. The molecule has 5 aromatic heterocycles. The lowest BCUT2D eigenvalue weighted by Gasteiger charge is -2.40. The van der Waals surface area contributed by atoms with Crippen LogP contribution in [-0.4, -0.2) is 121 Å². The molecule has 6 rings (SSSR count). The standard InChI is InChI=1S/C11H14N2O2.C11H16N2O2.C11H15NO2.C10H14N2O2.C10H13NO2/c1-2-8-6-13(7-8)9-4-3-5-12-10(9)11(14)15;1-3-4-8-13(2)9-6-5-7-12-10(9)11(14)15;1-2-3-4-6-9-7-5-8-12-10(9)11(13)14;1-3-7-12(2)8-5-4-6-11-9(8)10(13)14;1-2-3-5-8-6-4-7-11-9(8)10(12)13/h3-5,8H,2,6-7H2,1H3,(H,14,15);5-7H,3-4,8H2,1-2H3,(H,14,15);5,7-8H,2-4,6H2,1H3,(H,13,14);4-6H,3,7H2,1-2H3,(H,13,14);4,6-7H,2-3,5H2,1H3,(H,12,13). The van der Waals surface area contributed by atoms with Crippen molar-refractivity contribution in [3.8, 4) is 0 Å². The van der Waals surface area contributed by atoms with Crippen LogP contribution in [0, 0.1) is 5.92 Å². The third-order valence-electron chi connectivity index (χ3n) is 11.1. The number of anilines is 3. The first-order chi connectivity index (χ1) is 34.1. The summed E-state index contributed by atoms with van der Waals surface area (Å²) in [5, 5.41) is 44.5. The average molecular weight is 981 g/mol. The number of carboxylic acid groups (broad SMARTS) is 5. The van der Waals surface area contributed by atoms with Crippen molar-refractivity contribution < 1.29 is 49.5 Å². The van der Waals surface area contributed by atoms with Gasteiger partial charge in [0.2, 0.25) is 0 Å². The van der Waals surface area contributed by atoms with Crippen LogP contribution in [0.4, 0.5) is 17.1 Å². The molecule has 71 heavy (non-hydrogen) atoms. The summed E-state index contributed by atoms with van der Waals surface area (Å²) in [7, 11) is 3.76. The number of unbranched alkanes of at least 4 members (excludes halogenated alkanes) is 4. The molecular weight excluding hydrogens is 909 g/mol. The van der Waals surface area contributed by atoms with Crippen molar-refractivity contribution >= 4 is 46.9 Å². The molecule has 0 radical (unpaired) electrons. The predicted octanol–water partition coefficient (Wildman–Crippen LogP) is 9.90. The molecule has 0 saturated carbocycles. The molecule has 1 aliphatic heterocycles. The zero-order chi connectivity index (χ0) is 52.7. The van der Waals surface area contributed by atoms with E-state index in [0.717, 1.165) is 114 Å². The number of carboxylic acids is 5. The fourth-order valence-electron chi connectivity index (χ4n) is 7.15. The van der Waals surface area contributed by atoms with Crippen LogP contribution >= 0.6 is 0 Å². The number of hydrogen-bond acceptors (Lipinski definition) is 13. The van der Waals surface area contributed by atoms with E-state index >= 15 is 0 Å². The molecule has 0 aliphatic carbocycles. The van der Waals surface area contributed by atoms with Gasteiger partial charge >= 0.3 is 29.8 Å². The van der Waals surface area contributed by atoms with Gasteiger partial charge in [-0.3, -0.25) is 0 Å². The molecule has 0 spiro atoms. The quantitative estimate of drug-likeness (QED) is 0.0428. The van der Waals surface area contributed by atoms with Crippen LogP contribution in [0.3, 0.4) is 0 Å². The molecule has 5 N–H and O–H groups in total. The van der Waals surface area contributed by atoms with Crippen molar-refractivity contribution in [3.05, 3.63) is 131 Å². The summed E-state index contributed by atoms with van der Waals surface area (Å²) in [5.74, 6) is -4.08. The highest BCUT2D eigenvalue weighted by Crippen LogP contribution is 2.28. The van der Waals surface area contributed by atoms with Crippen LogP contribution in [0.5, 0.6) is 0 Å². The molecule has 0 bridgehead atoms. The number of aromatic carboxylic acids is 5. The first kappa shape index (κ1) is 59.6. The lowest BCUT2D eigenvalue weighted by Crippen LogP contribution is -2.47. The maximum Gasteiger partial charge on any atom is 0.356 e. The molecule has 18 nitrogen and oxygen atoms in total. The summed E-state index contributed by atoms with van der Waals surface area (Å²) >= 11 is 0. The highest BCUT2D eigenvalue weighted by Gasteiger charge is 2.28. The molecule has 5 aromatic rings.